The second kappa shape index (κ2) is 8.13. The minimum absolute atomic E-state index is 0.207. The van der Waals surface area contributed by atoms with Gasteiger partial charge in [0.25, 0.3) is 0 Å². The Kier molecular flexibility index (Phi) is 5.22. The maximum absolute atomic E-state index is 12.6. The molecule has 6 heteroatoms. The third-order valence-corrected chi connectivity index (χ3v) is 4.59. The molecule has 0 atom stereocenters. The summed E-state index contributed by atoms with van der Waals surface area (Å²) in [5.74, 6) is 1.24. The van der Waals surface area contributed by atoms with Gasteiger partial charge in [0.05, 0.1) is 25.2 Å². The molecule has 1 heterocycles. The van der Waals surface area contributed by atoms with Gasteiger partial charge in [0, 0.05) is 17.7 Å². The van der Waals surface area contributed by atoms with Crippen LogP contribution in [0.2, 0.25) is 0 Å². The molecule has 0 radical (unpaired) electrons. The lowest BCUT2D eigenvalue weighted by molar-refractivity contribution is 0.0735. The molecule has 4 aromatic rings. The summed E-state index contributed by atoms with van der Waals surface area (Å²) in [6, 6.07) is 20.0. The number of esters is 1. The third kappa shape index (κ3) is 3.75. The van der Waals surface area contributed by atoms with Crippen LogP contribution in [0.4, 0.5) is 0 Å². The molecule has 0 unspecified atom stereocenters. The Morgan fingerprint density at radius 3 is 2.33 bits per heavy atom. The van der Waals surface area contributed by atoms with Crippen LogP contribution >= 0.6 is 0 Å². The molecule has 0 saturated carbocycles. The van der Waals surface area contributed by atoms with Crippen molar-refractivity contribution >= 4 is 16.9 Å². The van der Waals surface area contributed by atoms with Crippen LogP contribution in [0.15, 0.2) is 82.0 Å². The number of hydrogen-bond acceptors (Lipinski definition) is 6. The van der Waals surface area contributed by atoms with E-state index in [2.05, 4.69) is 0 Å². The highest BCUT2D eigenvalue weighted by Crippen LogP contribution is 2.33. The van der Waals surface area contributed by atoms with E-state index in [1.807, 2.05) is 6.07 Å². The van der Waals surface area contributed by atoms with E-state index in [0.29, 0.717) is 39.4 Å². The predicted octanol–water partition coefficient (Wildman–Crippen LogP) is 4.70. The van der Waals surface area contributed by atoms with Crippen molar-refractivity contribution < 1.29 is 23.4 Å². The second-order valence-electron chi connectivity index (χ2n) is 6.46. The summed E-state index contributed by atoms with van der Waals surface area (Å²) in [5.41, 5.74) is 1.18. The van der Waals surface area contributed by atoms with Crippen molar-refractivity contribution in [2.24, 2.45) is 0 Å². The molecule has 0 aliphatic heterocycles. The fraction of sp³-hybridized carbons (Fsp3) is 0.0833. The molecule has 0 fully saturated rings. The molecular weight excluding hydrogens is 384 g/mol. The summed E-state index contributed by atoms with van der Waals surface area (Å²) in [7, 11) is 3.08. The van der Waals surface area contributed by atoms with Crippen molar-refractivity contribution in [1.82, 2.24) is 0 Å². The highest BCUT2D eigenvalue weighted by molar-refractivity contribution is 5.91. The third-order valence-electron chi connectivity index (χ3n) is 4.59. The van der Waals surface area contributed by atoms with E-state index in [4.69, 9.17) is 18.6 Å². The van der Waals surface area contributed by atoms with Crippen LogP contribution in [0, 0.1) is 0 Å². The van der Waals surface area contributed by atoms with Gasteiger partial charge in [-0.15, -0.1) is 0 Å². The highest BCUT2D eigenvalue weighted by atomic mass is 16.5. The van der Waals surface area contributed by atoms with Crippen molar-refractivity contribution in [3.05, 3.63) is 88.6 Å². The molecule has 0 spiro atoms. The van der Waals surface area contributed by atoms with Crippen molar-refractivity contribution in [2.75, 3.05) is 14.2 Å². The molecule has 3 aromatic carbocycles. The Labute approximate surface area is 172 Å². The van der Waals surface area contributed by atoms with Gasteiger partial charge in [-0.05, 0) is 42.5 Å². The van der Waals surface area contributed by atoms with E-state index in [1.54, 1.807) is 61.7 Å². The zero-order chi connectivity index (χ0) is 21.1. The lowest BCUT2D eigenvalue weighted by atomic mass is 10.1. The van der Waals surface area contributed by atoms with Gasteiger partial charge in [-0.25, -0.2) is 4.79 Å². The minimum atomic E-state index is -0.492. The zero-order valence-corrected chi connectivity index (χ0v) is 16.4. The second-order valence-corrected chi connectivity index (χ2v) is 6.46. The first-order valence-corrected chi connectivity index (χ1v) is 9.16. The molecular formula is C24H18O6. The number of carbonyl (C=O) groups is 1. The Morgan fingerprint density at radius 2 is 1.60 bits per heavy atom. The SMILES string of the molecule is COc1ccc(-c2cc(=O)c3ccc(OC(=O)c4ccccc4)cc3o2)cc1OC. The average Bonchev–Trinajstić information content (AvgIpc) is 2.78. The standard InChI is InChI=1S/C24H18O6/c1-27-20-11-8-16(12-23(20)28-2)21-14-19(25)18-10-9-17(13-22(18)30-21)29-24(26)15-6-4-3-5-7-15/h3-14H,1-2H3. The van der Waals surface area contributed by atoms with Gasteiger partial charge in [-0.3, -0.25) is 4.79 Å². The zero-order valence-electron chi connectivity index (χ0n) is 16.4. The van der Waals surface area contributed by atoms with Crippen LogP contribution < -0.4 is 19.6 Å². The van der Waals surface area contributed by atoms with Crippen molar-refractivity contribution in [3.63, 3.8) is 0 Å². The van der Waals surface area contributed by atoms with Crippen LogP contribution in [0.3, 0.4) is 0 Å². The summed E-state index contributed by atoms with van der Waals surface area (Å²) < 4.78 is 21.9. The predicted molar refractivity (Wildman–Crippen MR) is 112 cm³/mol. The van der Waals surface area contributed by atoms with Gasteiger partial charge >= 0.3 is 5.97 Å². The Balaban J connectivity index is 1.72. The van der Waals surface area contributed by atoms with Gasteiger partial charge in [-0.2, -0.15) is 0 Å². The summed E-state index contributed by atoms with van der Waals surface area (Å²) in [6.07, 6.45) is 0. The van der Waals surface area contributed by atoms with Crippen molar-refractivity contribution in [3.8, 4) is 28.6 Å². The minimum Gasteiger partial charge on any atom is -0.493 e. The first kappa shape index (κ1) is 19.3. The van der Waals surface area contributed by atoms with Crippen molar-refractivity contribution in [1.29, 1.82) is 0 Å². The van der Waals surface area contributed by atoms with E-state index in [-0.39, 0.29) is 11.2 Å². The Bertz CT molecular complexity index is 1270. The number of hydrogen-bond donors (Lipinski definition) is 0. The Hall–Kier alpha value is -4.06. The number of carbonyl (C=O) groups excluding carboxylic acids is 1. The van der Waals surface area contributed by atoms with Crippen LogP contribution in [0.25, 0.3) is 22.3 Å². The number of benzene rings is 3. The summed E-state index contributed by atoms with van der Waals surface area (Å²) >= 11 is 0. The lowest BCUT2D eigenvalue weighted by Crippen LogP contribution is -2.08. The van der Waals surface area contributed by atoms with Gasteiger partial charge in [0.2, 0.25) is 0 Å². The lowest BCUT2D eigenvalue weighted by Gasteiger charge is -2.10. The van der Waals surface area contributed by atoms with Crippen LogP contribution in [0.1, 0.15) is 10.4 Å². The van der Waals surface area contributed by atoms with E-state index >= 15 is 0 Å². The maximum Gasteiger partial charge on any atom is 0.343 e. The summed E-state index contributed by atoms with van der Waals surface area (Å²) in [5, 5.41) is 0.388. The first-order valence-electron chi connectivity index (χ1n) is 9.16. The van der Waals surface area contributed by atoms with E-state index in [0.717, 1.165) is 0 Å². The van der Waals surface area contributed by atoms with E-state index in [9.17, 15) is 9.59 Å². The monoisotopic (exact) mass is 402 g/mol. The molecule has 0 bridgehead atoms. The summed E-state index contributed by atoms with van der Waals surface area (Å²) in [4.78, 5) is 24.9. The smallest absolute Gasteiger partial charge is 0.343 e. The number of fused-ring (bicyclic) bond motifs is 1. The Morgan fingerprint density at radius 1 is 0.833 bits per heavy atom. The molecule has 0 saturated heterocycles. The molecule has 150 valence electrons. The normalized spacial score (nSPS) is 10.6. The topological polar surface area (TPSA) is 75.0 Å². The van der Waals surface area contributed by atoms with E-state index in [1.165, 1.54) is 19.2 Å². The first-order chi connectivity index (χ1) is 14.6. The molecule has 1 aromatic heterocycles. The quantitative estimate of drug-likeness (QED) is 0.356. The van der Waals surface area contributed by atoms with Gasteiger partial charge in [-0.1, -0.05) is 18.2 Å². The van der Waals surface area contributed by atoms with Crippen LogP contribution in [-0.2, 0) is 0 Å². The molecule has 30 heavy (non-hydrogen) atoms. The molecule has 4 rings (SSSR count). The highest BCUT2D eigenvalue weighted by Gasteiger charge is 2.13. The largest absolute Gasteiger partial charge is 0.493 e. The maximum atomic E-state index is 12.6. The van der Waals surface area contributed by atoms with E-state index < -0.39 is 5.97 Å². The van der Waals surface area contributed by atoms with Crippen LogP contribution in [-0.4, -0.2) is 20.2 Å². The molecule has 6 nitrogen and oxygen atoms in total. The average molecular weight is 402 g/mol. The number of rotatable bonds is 5. The molecule has 0 aliphatic rings. The van der Waals surface area contributed by atoms with Gasteiger partial charge < -0.3 is 18.6 Å². The van der Waals surface area contributed by atoms with Crippen LogP contribution in [0.5, 0.6) is 17.2 Å². The van der Waals surface area contributed by atoms with Gasteiger partial charge in [0.1, 0.15) is 17.1 Å². The number of methoxy groups -OCH3 is 2. The van der Waals surface area contributed by atoms with Gasteiger partial charge in [0.15, 0.2) is 16.9 Å². The summed E-state index contributed by atoms with van der Waals surface area (Å²) in [6.45, 7) is 0. The van der Waals surface area contributed by atoms with Crippen molar-refractivity contribution in [2.45, 2.75) is 0 Å². The molecule has 0 N–H and O–H groups in total. The molecule has 0 aliphatic carbocycles. The number of ether oxygens (including phenoxy) is 3. The molecule has 0 amide bonds. The fourth-order valence-corrected chi connectivity index (χ4v) is 3.07. The fourth-order valence-electron chi connectivity index (χ4n) is 3.07.